The van der Waals surface area contributed by atoms with Crippen LogP contribution in [0.4, 0.5) is 0 Å². The number of nitrogens with one attached hydrogen (secondary N) is 1. The maximum atomic E-state index is 11.4. The first-order valence-corrected chi connectivity index (χ1v) is 8.76. The van der Waals surface area contributed by atoms with E-state index in [4.69, 9.17) is 4.74 Å². The van der Waals surface area contributed by atoms with Gasteiger partial charge in [0.05, 0.1) is 13.0 Å². The largest absolute Gasteiger partial charge is 0.466 e. The van der Waals surface area contributed by atoms with Gasteiger partial charge in [-0.25, -0.2) is 0 Å². The van der Waals surface area contributed by atoms with Crippen molar-refractivity contribution in [3.05, 3.63) is 12.7 Å². The van der Waals surface area contributed by atoms with Crippen molar-refractivity contribution in [2.75, 3.05) is 13.2 Å². The number of esters is 1. The SMILES string of the molecule is C=CC(=O)NCCC(=O)OCCCCCCCCCCCC. The topological polar surface area (TPSA) is 55.4 Å². The minimum Gasteiger partial charge on any atom is -0.466 e. The molecule has 1 amide bonds. The molecule has 0 aliphatic heterocycles. The maximum Gasteiger partial charge on any atom is 0.307 e. The molecule has 0 aliphatic rings. The van der Waals surface area contributed by atoms with E-state index in [1.807, 2.05) is 0 Å². The van der Waals surface area contributed by atoms with Gasteiger partial charge < -0.3 is 10.1 Å². The highest BCUT2D eigenvalue weighted by molar-refractivity contribution is 5.87. The van der Waals surface area contributed by atoms with Gasteiger partial charge in [-0.05, 0) is 12.5 Å². The van der Waals surface area contributed by atoms with Crippen molar-refractivity contribution in [3.8, 4) is 0 Å². The molecule has 0 aliphatic carbocycles. The fourth-order valence-electron chi connectivity index (χ4n) is 2.21. The van der Waals surface area contributed by atoms with Gasteiger partial charge in [0.1, 0.15) is 0 Å². The van der Waals surface area contributed by atoms with Crippen molar-refractivity contribution in [3.63, 3.8) is 0 Å². The average molecular weight is 311 g/mol. The smallest absolute Gasteiger partial charge is 0.307 e. The molecule has 0 bridgehead atoms. The van der Waals surface area contributed by atoms with Crippen LogP contribution >= 0.6 is 0 Å². The van der Waals surface area contributed by atoms with Crippen LogP contribution in [0.2, 0.25) is 0 Å². The molecule has 0 spiro atoms. The molecule has 0 rings (SSSR count). The Morgan fingerprint density at radius 2 is 1.50 bits per heavy atom. The van der Waals surface area contributed by atoms with E-state index in [0.29, 0.717) is 13.2 Å². The predicted molar refractivity (Wildman–Crippen MR) is 90.6 cm³/mol. The first-order valence-electron chi connectivity index (χ1n) is 8.76. The predicted octanol–water partition coefficient (Wildman–Crippen LogP) is 4.14. The second kappa shape index (κ2) is 16.1. The van der Waals surface area contributed by atoms with Gasteiger partial charge in [0.15, 0.2) is 0 Å². The van der Waals surface area contributed by atoms with E-state index in [9.17, 15) is 9.59 Å². The van der Waals surface area contributed by atoms with Gasteiger partial charge in [-0.3, -0.25) is 9.59 Å². The van der Waals surface area contributed by atoms with Crippen molar-refractivity contribution >= 4 is 11.9 Å². The molecule has 0 aromatic heterocycles. The Labute approximate surface area is 135 Å². The van der Waals surface area contributed by atoms with Gasteiger partial charge in [0.25, 0.3) is 0 Å². The third-order valence-corrected chi connectivity index (χ3v) is 3.57. The van der Waals surface area contributed by atoms with E-state index in [1.165, 1.54) is 57.4 Å². The molecule has 4 nitrogen and oxygen atoms in total. The molecule has 0 saturated carbocycles. The number of amides is 1. The summed E-state index contributed by atoms with van der Waals surface area (Å²) < 4.78 is 5.11. The summed E-state index contributed by atoms with van der Waals surface area (Å²) >= 11 is 0. The van der Waals surface area contributed by atoms with Gasteiger partial charge in [0.2, 0.25) is 5.91 Å². The summed E-state index contributed by atoms with van der Waals surface area (Å²) in [5.41, 5.74) is 0. The molecule has 128 valence electrons. The van der Waals surface area contributed by atoms with Crippen molar-refractivity contribution < 1.29 is 14.3 Å². The molecular formula is C18H33NO3. The molecule has 0 atom stereocenters. The third-order valence-electron chi connectivity index (χ3n) is 3.57. The number of unbranched alkanes of at least 4 members (excludes halogenated alkanes) is 9. The van der Waals surface area contributed by atoms with Crippen LogP contribution in [0.15, 0.2) is 12.7 Å². The van der Waals surface area contributed by atoms with Crippen LogP contribution in [-0.4, -0.2) is 25.0 Å². The fraction of sp³-hybridized carbons (Fsp3) is 0.778. The standard InChI is InChI=1S/C18H33NO3/c1-3-5-6-7-8-9-10-11-12-13-16-22-18(21)14-15-19-17(20)4-2/h4H,2-3,5-16H2,1H3,(H,19,20). The normalized spacial score (nSPS) is 10.2. The van der Waals surface area contributed by atoms with E-state index >= 15 is 0 Å². The lowest BCUT2D eigenvalue weighted by Gasteiger charge is -2.05. The van der Waals surface area contributed by atoms with Crippen LogP contribution in [0.5, 0.6) is 0 Å². The Morgan fingerprint density at radius 3 is 2.05 bits per heavy atom. The fourth-order valence-corrected chi connectivity index (χ4v) is 2.21. The van der Waals surface area contributed by atoms with Crippen molar-refractivity contribution in [1.29, 1.82) is 0 Å². The van der Waals surface area contributed by atoms with Crippen LogP contribution in [0, 0.1) is 0 Å². The molecule has 0 aromatic rings. The molecule has 0 saturated heterocycles. The van der Waals surface area contributed by atoms with Crippen LogP contribution in [0.3, 0.4) is 0 Å². The Balaban J connectivity index is 3.20. The Morgan fingerprint density at radius 1 is 0.955 bits per heavy atom. The highest BCUT2D eigenvalue weighted by atomic mass is 16.5. The van der Waals surface area contributed by atoms with Gasteiger partial charge >= 0.3 is 5.97 Å². The number of hydrogen-bond acceptors (Lipinski definition) is 3. The molecule has 4 heteroatoms. The number of ether oxygens (including phenoxy) is 1. The molecule has 0 radical (unpaired) electrons. The zero-order valence-corrected chi connectivity index (χ0v) is 14.2. The lowest BCUT2D eigenvalue weighted by atomic mass is 10.1. The lowest BCUT2D eigenvalue weighted by Crippen LogP contribution is -2.24. The molecule has 22 heavy (non-hydrogen) atoms. The third kappa shape index (κ3) is 15.1. The lowest BCUT2D eigenvalue weighted by molar-refractivity contribution is -0.143. The van der Waals surface area contributed by atoms with Crippen LogP contribution in [0.1, 0.15) is 77.6 Å². The average Bonchev–Trinajstić information content (AvgIpc) is 2.52. The van der Waals surface area contributed by atoms with Crippen LogP contribution in [0.25, 0.3) is 0 Å². The molecule has 0 unspecified atom stereocenters. The van der Waals surface area contributed by atoms with E-state index < -0.39 is 0 Å². The van der Waals surface area contributed by atoms with Crippen LogP contribution in [-0.2, 0) is 14.3 Å². The minimum atomic E-state index is -0.262. The molecule has 0 aromatic carbocycles. The Hall–Kier alpha value is -1.32. The summed E-state index contributed by atoms with van der Waals surface area (Å²) in [4.78, 5) is 22.2. The summed E-state index contributed by atoms with van der Waals surface area (Å²) in [6.07, 6.45) is 14.1. The molecule has 1 N–H and O–H groups in total. The minimum absolute atomic E-state index is 0.220. The van der Waals surface area contributed by atoms with E-state index in [2.05, 4.69) is 18.8 Å². The van der Waals surface area contributed by atoms with Gasteiger partial charge in [-0.15, -0.1) is 0 Å². The molecule has 0 fully saturated rings. The van der Waals surface area contributed by atoms with Gasteiger partial charge in [0, 0.05) is 6.54 Å². The Kier molecular flexibility index (Phi) is 15.1. The number of hydrogen-bond donors (Lipinski definition) is 1. The summed E-state index contributed by atoms with van der Waals surface area (Å²) in [6, 6.07) is 0. The monoisotopic (exact) mass is 311 g/mol. The summed E-state index contributed by atoms with van der Waals surface area (Å²) in [6.45, 7) is 6.38. The van der Waals surface area contributed by atoms with Gasteiger partial charge in [-0.1, -0.05) is 71.3 Å². The van der Waals surface area contributed by atoms with E-state index in [-0.39, 0.29) is 18.3 Å². The number of carbonyl (C=O) groups is 2. The second-order valence-corrected chi connectivity index (χ2v) is 5.65. The zero-order chi connectivity index (χ0) is 16.5. The van der Waals surface area contributed by atoms with E-state index in [1.54, 1.807) is 0 Å². The van der Waals surface area contributed by atoms with Crippen molar-refractivity contribution in [2.45, 2.75) is 77.6 Å². The summed E-state index contributed by atoms with van der Waals surface area (Å²) in [7, 11) is 0. The van der Waals surface area contributed by atoms with Crippen LogP contribution < -0.4 is 5.32 Å². The highest BCUT2D eigenvalue weighted by Gasteiger charge is 2.03. The number of rotatable bonds is 15. The molecular weight excluding hydrogens is 278 g/mol. The highest BCUT2D eigenvalue weighted by Crippen LogP contribution is 2.10. The Bertz CT molecular complexity index is 303. The summed E-state index contributed by atoms with van der Waals surface area (Å²) in [5.74, 6) is -0.511. The summed E-state index contributed by atoms with van der Waals surface area (Å²) in [5, 5.41) is 2.55. The van der Waals surface area contributed by atoms with E-state index in [0.717, 1.165) is 12.8 Å². The quantitative estimate of drug-likeness (QED) is 0.281. The van der Waals surface area contributed by atoms with Crippen molar-refractivity contribution in [1.82, 2.24) is 5.32 Å². The number of carbonyl (C=O) groups excluding carboxylic acids is 2. The maximum absolute atomic E-state index is 11.4. The first kappa shape index (κ1) is 20.7. The van der Waals surface area contributed by atoms with Gasteiger partial charge in [-0.2, -0.15) is 0 Å². The molecule has 0 heterocycles. The second-order valence-electron chi connectivity index (χ2n) is 5.65. The first-order chi connectivity index (χ1) is 10.7. The zero-order valence-electron chi connectivity index (χ0n) is 14.2. The van der Waals surface area contributed by atoms with Crippen molar-refractivity contribution in [2.24, 2.45) is 0 Å².